The van der Waals surface area contributed by atoms with Crippen molar-refractivity contribution in [2.24, 2.45) is 0 Å². The first-order valence-electron chi connectivity index (χ1n) is 6.14. The summed E-state index contributed by atoms with van der Waals surface area (Å²) in [4.78, 5) is 0. The highest BCUT2D eigenvalue weighted by Crippen LogP contribution is 2.18. The molecule has 1 heterocycles. The Morgan fingerprint density at radius 2 is 2.38 bits per heavy atom. The zero-order chi connectivity index (χ0) is 11.4. The van der Waals surface area contributed by atoms with Gasteiger partial charge in [0.05, 0.1) is 6.10 Å². The van der Waals surface area contributed by atoms with Crippen LogP contribution in [0.25, 0.3) is 0 Å². The molecule has 2 rings (SSSR count). The lowest BCUT2D eigenvalue weighted by Crippen LogP contribution is -2.39. The zero-order valence-corrected chi connectivity index (χ0v) is 10.2. The van der Waals surface area contributed by atoms with Crippen molar-refractivity contribution in [2.45, 2.75) is 38.3 Å². The molecule has 0 saturated carbocycles. The molecular formula is C14H21NO. The molecule has 1 aliphatic heterocycles. The molecule has 0 aliphatic carbocycles. The van der Waals surface area contributed by atoms with Crippen LogP contribution in [0.1, 0.15) is 24.0 Å². The van der Waals surface area contributed by atoms with Crippen molar-refractivity contribution in [3.8, 4) is 0 Å². The van der Waals surface area contributed by atoms with Gasteiger partial charge in [-0.05, 0) is 38.8 Å². The third-order valence-electron chi connectivity index (χ3n) is 3.32. The van der Waals surface area contributed by atoms with Crippen LogP contribution in [0.5, 0.6) is 0 Å². The summed E-state index contributed by atoms with van der Waals surface area (Å²) in [6.45, 7) is 3.07. The third kappa shape index (κ3) is 2.83. The molecular weight excluding hydrogens is 198 g/mol. The molecule has 1 aromatic rings. The minimum Gasteiger partial charge on any atom is -0.377 e. The van der Waals surface area contributed by atoms with E-state index in [0.29, 0.717) is 12.1 Å². The summed E-state index contributed by atoms with van der Waals surface area (Å²) in [7, 11) is 2.03. The smallest absolute Gasteiger partial charge is 0.0732 e. The molecule has 0 aromatic heterocycles. The Kier molecular flexibility index (Phi) is 3.97. The molecule has 16 heavy (non-hydrogen) atoms. The number of rotatable bonds is 4. The predicted molar refractivity (Wildman–Crippen MR) is 66.7 cm³/mol. The summed E-state index contributed by atoms with van der Waals surface area (Å²) in [6.07, 6.45) is 3.85. The zero-order valence-electron chi connectivity index (χ0n) is 10.2. The van der Waals surface area contributed by atoms with Gasteiger partial charge in [-0.1, -0.05) is 29.8 Å². The lowest BCUT2D eigenvalue weighted by molar-refractivity contribution is 0.0808. The molecule has 0 amide bonds. The van der Waals surface area contributed by atoms with Gasteiger partial charge in [0.15, 0.2) is 0 Å². The molecule has 1 aromatic carbocycles. The van der Waals surface area contributed by atoms with Crippen LogP contribution in [0.15, 0.2) is 24.3 Å². The first-order chi connectivity index (χ1) is 7.79. The highest BCUT2D eigenvalue weighted by Gasteiger charge is 2.24. The van der Waals surface area contributed by atoms with Gasteiger partial charge >= 0.3 is 0 Å². The molecule has 1 N–H and O–H groups in total. The largest absolute Gasteiger partial charge is 0.377 e. The summed E-state index contributed by atoms with van der Waals surface area (Å²) in [5.41, 5.74) is 2.73. The average molecular weight is 219 g/mol. The van der Waals surface area contributed by atoms with Crippen molar-refractivity contribution < 1.29 is 4.74 Å². The van der Waals surface area contributed by atoms with Crippen LogP contribution >= 0.6 is 0 Å². The number of nitrogens with one attached hydrogen (secondary N) is 1. The van der Waals surface area contributed by atoms with Crippen LogP contribution in [0.2, 0.25) is 0 Å². The van der Waals surface area contributed by atoms with Gasteiger partial charge < -0.3 is 10.1 Å². The van der Waals surface area contributed by atoms with Crippen LogP contribution in [0.4, 0.5) is 0 Å². The van der Waals surface area contributed by atoms with E-state index in [4.69, 9.17) is 4.74 Å². The van der Waals surface area contributed by atoms with E-state index in [2.05, 4.69) is 36.5 Å². The molecule has 1 aliphatic rings. The van der Waals surface area contributed by atoms with Gasteiger partial charge in [-0.25, -0.2) is 0 Å². The Morgan fingerprint density at radius 1 is 1.50 bits per heavy atom. The Balaban J connectivity index is 2.00. The molecule has 2 heteroatoms. The maximum Gasteiger partial charge on any atom is 0.0732 e. The highest BCUT2D eigenvalue weighted by molar-refractivity contribution is 5.23. The maximum atomic E-state index is 5.75. The standard InChI is InChI=1S/C14H21NO/c1-11-5-3-6-12(9-11)10-13(15-2)14-7-4-8-16-14/h3,5-6,9,13-15H,4,7-8,10H2,1-2H3. The van der Waals surface area contributed by atoms with Gasteiger partial charge in [0, 0.05) is 12.6 Å². The van der Waals surface area contributed by atoms with Crippen molar-refractivity contribution >= 4 is 0 Å². The van der Waals surface area contributed by atoms with Crippen molar-refractivity contribution in [3.63, 3.8) is 0 Å². The number of hydrogen-bond acceptors (Lipinski definition) is 2. The first kappa shape index (κ1) is 11.6. The molecule has 1 saturated heterocycles. The second-order valence-corrected chi connectivity index (χ2v) is 4.64. The number of ether oxygens (including phenoxy) is 1. The molecule has 0 spiro atoms. The molecule has 2 nitrogen and oxygen atoms in total. The topological polar surface area (TPSA) is 21.3 Å². The van der Waals surface area contributed by atoms with Crippen molar-refractivity contribution in [1.82, 2.24) is 5.32 Å². The van der Waals surface area contributed by atoms with E-state index < -0.39 is 0 Å². The average Bonchev–Trinajstić information content (AvgIpc) is 2.79. The molecule has 2 unspecified atom stereocenters. The third-order valence-corrected chi connectivity index (χ3v) is 3.32. The summed E-state index contributed by atoms with van der Waals surface area (Å²) in [6, 6.07) is 9.19. The lowest BCUT2D eigenvalue weighted by Gasteiger charge is -2.22. The van der Waals surface area contributed by atoms with Crippen LogP contribution in [0, 0.1) is 6.92 Å². The van der Waals surface area contributed by atoms with E-state index >= 15 is 0 Å². The van der Waals surface area contributed by atoms with Crippen LogP contribution in [-0.2, 0) is 11.2 Å². The minimum atomic E-state index is 0.394. The van der Waals surface area contributed by atoms with Gasteiger partial charge in [0.25, 0.3) is 0 Å². The van der Waals surface area contributed by atoms with Crippen molar-refractivity contribution in [2.75, 3.05) is 13.7 Å². The molecule has 0 bridgehead atoms. The van der Waals surface area contributed by atoms with Crippen molar-refractivity contribution in [3.05, 3.63) is 35.4 Å². The maximum absolute atomic E-state index is 5.75. The molecule has 1 fully saturated rings. The summed E-state index contributed by atoms with van der Waals surface area (Å²) >= 11 is 0. The van der Waals surface area contributed by atoms with E-state index in [1.807, 2.05) is 7.05 Å². The Hall–Kier alpha value is -0.860. The van der Waals surface area contributed by atoms with Gasteiger partial charge in [-0.15, -0.1) is 0 Å². The number of likely N-dealkylation sites (N-methyl/N-ethyl adjacent to an activating group) is 1. The summed E-state index contributed by atoms with van der Waals surface area (Å²) in [5.74, 6) is 0. The monoisotopic (exact) mass is 219 g/mol. The highest BCUT2D eigenvalue weighted by atomic mass is 16.5. The number of aryl methyl sites for hydroxylation is 1. The molecule has 0 radical (unpaired) electrons. The van der Waals surface area contributed by atoms with E-state index in [1.54, 1.807) is 0 Å². The van der Waals surface area contributed by atoms with Gasteiger partial charge in [0.2, 0.25) is 0 Å². The Labute approximate surface area is 98.0 Å². The lowest BCUT2D eigenvalue weighted by atomic mass is 9.98. The Bertz CT molecular complexity index is 331. The summed E-state index contributed by atoms with van der Waals surface area (Å²) in [5, 5.41) is 3.39. The minimum absolute atomic E-state index is 0.394. The fourth-order valence-corrected chi connectivity index (χ4v) is 2.43. The molecule has 2 atom stereocenters. The number of benzene rings is 1. The van der Waals surface area contributed by atoms with Crippen molar-refractivity contribution in [1.29, 1.82) is 0 Å². The van der Waals surface area contributed by atoms with Crippen LogP contribution in [0.3, 0.4) is 0 Å². The summed E-state index contributed by atoms with van der Waals surface area (Å²) < 4.78 is 5.75. The second kappa shape index (κ2) is 5.46. The van der Waals surface area contributed by atoms with Gasteiger partial charge in [0.1, 0.15) is 0 Å². The van der Waals surface area contributed by atoms with Gasteiger partial charge in [-0.2, -0.15) is 0 Å². The fourth-order valence-electron chi connectivity index (χ4n) is 2.43. The SMILES string of the molecule is CNC(Cc1cccc(C)c1)C1CCCO1. The van der Waals surface area contributed by atoms with Gasteiger partial charge in [-0.3, -0.25) is 0 Å². The first-order valence-corrected chi connectivity index (χ1v) is 6.14. The van der Waals surface area contributed by atoms with Crippen LogP contribution < -0.4 is 5.32 Å². The van der Waals surface area contributed by atoms with E-state index in [-0.39, 0.29) is 0 Å². The van der Waals surface area contributed by atoms with E-state index in [0.717, 1.165) is 13.0 Å². The van der Waals surface area contributed by atoms with Crippen LogP contribution in [-0.4, -0.2) is 25.8 Å². The predicted octanol–water partition coefficient (Wildman–Crippen LogP) is 2.30. The number of hydrogen-bond donors (Lipinski definition) is 1. The van der Waals surface area contributed by atoms with E-state index in [9.17, 15) is 0 Å². The normalized spacial score (nSPS) is 22.2. The van der Waals surface area contributed by atoms with E-state index in [1.165, 1.54) is 24.0 Å². The quantitative estimate of drug-likeness (QED) is 0.839. The fraction of sp³-hybridized carbons (Fsp3) is 0.571. The Morgan fingerprint density at radius 3 is 3.00 bits per heavy atom. The second-order valence-electron chi connectivity index (χ2n) is 4.64. The molecule has 88 valence electrons.